The van der Waals surface area contributed by atoms with Gasteiger partial charge in [-0.1, -0.05) is 20.8 Å². The van der Waals surface area contributed by atoms with Crippen LogP contribution in [0.5, 0.6) is 0 Å². The van der Waals surface area contributed by atoms with Gasteiger partial charge >= 0.3 is 11.9 Å². The minimum absolute atomic E-state index is 0.0739. The van der Waals surface area contributed by atoms with Crippen LogP contribution in [0.4, 0.5) is 5.69 Å². The van der Waals surface area contributed by atoms with E-state index in [2.05, 4.69) is 5.32 Å². The minimum Gasteiger partial charge on any atom is -0.465 e. The average molecular weight is 404 g/mol. The zero-order valence-corrected chi connectivity index (χ0v) is 17.5. The quantitative estimate of drug-likeness (QED) is 0.774. The zero-order valence-electron chi connectivity index (χ0n) is 17.5. The first-order valence-electron chi connectivity index (χ1n) is 9.48. The van der Waals surface area contributed by atoms with Crippen LogP contribution in [0, 0.1) is 11.3 Å². The molecule has 1 N–H and O–H groups in total. The van der Waals surface area contributed by atoms with Gasteiger partial charge in [-0.2, -0.15) is 0 Å². The van der Waals surface area contributed by atoms with Gasteiger partial charge in [0.15, 0.2) is 0 Å². The van der Waals surface area contributed by atoms with Crippen molar-refractivity contribution in [3.05, 3.63) is 29.3 Å². The number of ether oxygens (including phenoxy) is 2. The number of nitrogens with one attached hydrogen (secondary N) is 1. The van der Waals surface area contributed by atoms with E-state index in [4.69, 9.17) is 9.47 Å². The maximum atomic E-state index is 12.7. The third-order valence-corrected chi connectivity index (χ3v) is 4.84. The van der Waals surface area contributed by atoms with E-state index in [1.54, 1.807) is 4.90 Å². The fourth-order valence-corrected chi connectivity index (χ4v) is 3.23. The normalized spacial score (nSPS) is 14.9. The molecule has 1 aliphatic rings. The number of carbonyl (C=O) groups excluding carboxylic acids is 4. The van der Waals surface area contributed by atoms with Gasteiger partial charge in [-0.15, -0.1) is 0 Å². The second kappa shape index (κ2) is 9.07. The fourth-order valence-electron chi connectivity index (χ4n) is 3.23. The molecule has 0 unspecified atom stereocenters. The van der Waals surface area contributed by atoms with Crippen molar-refractivity contribution in [1.82, 2.24) is 4.90 Å². The number of hydrogen-bond acceptors (Lipinski definition) is 6. The number of anilines is 1. The van der Waals surface area contributed by atoms with Crippen LogP contribution in [0.1, 0.15) is 54.3 Å². The molecule has 0 spiro atoms. The highest BCUT2D eigenvalue weighted by Crippen LogP contribution is 2.25. The Morgan fingerprint density at radius 2 is 1.41 bits per heavy atom. The first kappa shape index (κ1) is 22.4. The Labute approximate surface area is 170 Å². The average Bonchev–Trinajstić information content (AvgIpc) is 2.71. The second-order valence-corrected chi connectivity index (χ2v) is 8.09. The molecule has 8 heteroatoms. The van der Waals surface area contributed by atoms with Gasteiger partial charge in [0.2, 0.25) is 11.8 Å². The second-order valence-electron chi connectivity index (χ2n) is 8.09. The topological polar surface area (TPSA) is 102 Å². The summed E-state index contributed by atoms with van der Waals surface area (Å²) >= 11 is 0. The Hall–Kier alpha value is -2.90. The number of nitrogens with zero attached hydrogens (tertiary/aromatic N) is 1. The highest BCUT2D eigenvalue weighted by Gasteiger charge is 2.32. The van der Waals surface area contributed by atoms with Crippen molar-refractivity contribution in [2.24, 2.45) is 11.3 Å². The third kappa shape index (κ3) is 5.56. The summed E-state index contributed by atoms with van der Waals surface area (Å²) in [6.45, 7) is 6.66. The van der Waals surface area contributed by atoms with Crippen molar-refractivity contribution in [2.75, 3.05) is 32.6 Å². The van der Waals surface area contributed by atoms with Crippen LogP contribution in [-0.4, -0.2) is 56.0 Å². The van der Waals surface area contributed by atoms with Crippen molar-refractivity contribution < 1.29 is 28.7 Å². The number of esters is 2. The van der Waals surface area contributed by atoms with Crippen molar-refractivity contribution >= 4 is 29.4 Å². The summed E-state index contributed by atoms with van der Waals surface area (Å²) in [4.78, 5) is 50.6. The van der Waals surface area contributed by atoms with E-state index in [1.165, 1.54) is 32.4 Å². The number of rotatable bonds is 4. The van der Waals surface area contributed by atoms with Gasteiger partial charge in [0.05, 0.1) is 25.3 Å². The number of methoxy groups -OCH3 is 2. The predicted octanol–water partition coefficient (Wildman–Crippen LogP) is 2.48. The number of hydrogen-bond donors (Lipinski definition) is 1. The van der Waals surface area contributed by atoms with Gasteiger partial charge in [-0.25, -0.2) is 9.59 Å². The Morgan fingerprint density at radius 3 is 1.83 bits per heavy atom. The summed E-state index contributed by atoms with van der Waals surface area (Å²) in [6.07, 6.45) is 1.10. The molecule has 0 bridgehead atoms. The van der Waals surface area contributed by atoms with E-state index in [0.29, 0.717) is 31.6 Å². The Bertz CT molecular complexity index is 770. The lowest BCUT2D eigenvalue weighted by Gasteiger charge is -2.35. The largest absolute Gasteiger partial charge is 0.465 e. The lowest BCUT2D eigenvalue weighted by molar-refractivity contribution is -0.142. The lowest BCUT2D eigenvalue weighted by atomic mass is 9.90. The number of piperidine rings is 1. The first-order valence-corrected chi connectivity index (χ1v) is 9.48. The van der Waals surface area contributed by atoms with Crippen LogP contribution in [0.15, 0.2) is 18.2 Å². The Morgan fingerprint density at radius 1 is 0.931 bits per heavy atom. The molecule has 29 heavy (non-hydrogen) atoms. The van der Waals surface area contributed by atoms with Crippen LogP contribution in [-0.2, 0) is 19.1 Å². The van der Waals surface area contributed by atoms with E-state index < -0.39 is 17.4 Å². The molecule has 0 aromatic heterocycles. The van der Waals surface area contributed by atoms with Crippen LogP contribution < -0.4 is 5.32 Å². The van der Waals surface area contributed by atoms with E-state index >= 15 is 0 Å². The molecule has 1 heterocycles. The van der Waals surface area contributed by atoms with E-state index in [-0.39, 0.29) is 28.9 Å². The highest BCUT2D eigenvalue weighted by molar-refractivity contribution is 6.00. The molecule has 8 nitrogen and oxygen atoms in total. The predicted molar refractivity (Wildman–Crippen MR) is 107 cm³/mol. The summed E-state index contributed by atoms with van der Waals surface area (Å²) in [7, 11) is 2.47. The highest BCUT2D eigenvalue weighted by atomic mass is 16.5. The molecule has 0 saturated carbocycles. The molecule has 158 valence electrons. The van der Waals surface area contributed by atoms with Crippen LogP contribution in [0.25, 0.3) is 0 Å². The van der Waals surface area contributed by atoms with Crippen LogP contribution in [0.2, 0.25) is 0 Å². The summed E-state index contributed by atoms with van der Waals surface area (Å²) in [5.41, 5.74) is 0.132. The molecule has 0 radical (unpaired) electrons. The number of carbonyl (C=O) groups is 4. The van der Waals surface area contributed by atoms with Gasteiger partial charge in [-0.3, -0.25) is 9.59 Å². The zero-order chi connectivity index (χ0) is 21.8. The summed E-state index contributed by atoms with van der Waals surface area (Å²) in [5, 5.41) is 2.77. The maximum Gasteiger partial charge on any atom is 0.337 e. The Kier molecular flexibility index (Phi) is 7.00. The molecule has 1 saturated heterocycles. The van der Waals surface area contributed by atoms with E-state index in [1.807, 2.05) is 20.8 Å². The minimum atomic E-state index is -0.625. The van der Waals surface area contributed by atoms with Gasteiger partial charge in [-0.05, 0) is 31.0 Å². The van der Waals surface area contributed by atoms with Gasteiger partial charge in [0.25, 0.3) is 0 Å². The standard InChI is InChI=1S/C21H28N2O6/c1-21(2,3)20(27)23-8-6-13(7-9-23)17(24)22-16-11-14(18(25)28-4)10-15(12-16)19(26)29-5/h10-13H,6-9H2,1-5H3,(H,22,24). The summed E-state index contributed by atoms with van der Waals surface area (Å²) in [5.74, 6) is -1.65. The molecule has 1 aromatic carbocycles. The molecule has 1 aromatic rings. The maximum absolute atomic E-state index is 12.7. The van der Waals surface area contributed by atoms with Gasteiger partial charge < -0.3 is 19.7 Å². The third-order valence-electron chi connectivity index (χ3n) is 4.84. The SMILES string of the molecule is COC(=O)c1cc(NC(=O)C2CCN(C(=O)C(C)(C)C)CC2)cc(C(=O)OC)c1. The van der Waals surface area contributed by atoms with E-state index in [0.717, 1.165) is 0 Å². The Balaban J connectivity index is 2.10. The van der Waals surface area contributed by atoms with Crippen molar-refractivity contribution in [2.45, 2.75) is 33.6 Å². The fraction of sp³-hybridized carbons (Fsp3) is 0.524. The summed E-state index contributed by atoms with van der Waals surface area (Å²) in [6, 6.07) is 4.26. The smallest absolute Gasteiger partial charge is 0.337 e. The number of likely N-dealkylation sites (tertiary alicyclic amines) is 1. The molecule has 2 rings (SSSR count). The molecule has 1 aliphatic heterocycles. The molecule has 1 fully saturated rings. The first-order chi connectivity index (χ1) is 13.6. The molecule has 0 atom stereocenters. The molecule has 2 amide bonds. The van der Waals surface area contributed by atoms with E-state index in [9.17, 15) is 19.2 Å². The van der Waals surface area contributed by atoms with Crippen LogP contribution >= 0.6 is 0 Å². The monoisotopic (exact) mass is 404 g/mol. The number of amides is 2. The molecular formula is C21H28N2O6. The molecular weight excluding hydrogens is 376 g/mol. The van der Waals surface area contributed by atoms with Crippen LogP contribution in [0.3, 0.4) is 0 Å². The van der Waals surface area contributed by atoms with Crippen molar-refractivity contribution in [3.8, 4) is 0 Å². The lowest BCUT2D eigenvalue weighted by Crippen LogP contribution is -2.45. The summed E-state index contributed by atoms with van der Waals surface area (Å²) < 4.78 is 9.40. The molecule has 0 aliphatic carbocycles. The number of benzene rings is 1. The van der Waals surface area contributed by atoms with Crippen molar-refractivity contribution in [3.63, 3.8) is 0 Å². The van der Waals surface area contributed by atoms with Crippen molar-refractivity contribution in [1.29, 1.82) is 0 Å². The van der Waals surface area contributed by atoms with Gasteiger partial charge in [0.1, 0.15) is 0 Å². The van der Waals surface area contributed by atoms with Gasteiger partial charge in [0, 0.05) is 30.1 Å².